The van der Waals surface area contributed by atoms with Crippen LogP contribution in [0.4, 0.5) is 0 Å². The zero-order valence-corrected chi connectivity index (χ0v) is 12.0. The fourth-order valence-electron chi connectivity index (χ4n) is 1.34. The molecule has 0 aliphatic carbocycles. The summed E-state index contributed by atoms with van der Waals surface area (Å²) in [4.78, 5) is 0.565. The number of nitrogens with one attached hydrogen (secondary N) is 1. The van der Waals surface area contributed by atoms with Crippen molar-refractivity contribution in [3.05, 3.63) is 28.2 Å². The molecule has 0 fully saturated rings. The van der Waals surface area contributed by atoms with Gasteiger partial charge in [0.25, 0.3) is 0 Å². The predicted molar refractivity (Wildman–Crippen MR) is 72.5 cm³/mol. The second-order valence-corrected chi connectivity index (χ2v) is 5.84. The molecule has 0 bridgehead atoms. The molecular formula is C11H15Cl2NO2S. The molecule has 1 N–H and O–H groups in total. The van der Waals surface area contributed by atoms with E-state index in [1.54, 1.807) is 32.4 Å². The van der Waals surface area contributed by atoms with Crippen molar-refractivity contribution in [2.75, 3.05) is 26.5 Å². The minimum atomic E-state index is -1.20. The van der Waals surface area contributed by atoms with Crippen molar-refractivity contribution >= 4 is 34.0 Å². The summed E-state index contributed by atoms with van der Waals surface area (Å²) in [7, 11) is 2.22. The molecule has 96 valence electrons. The lowest BCUT2D eigenvalue weighted by Crippen LogP contribution is -2.35. The zero-order chi connectivity index (χ0) is 12.8. The maximum absolute atomic E-state index is 12.1. The second-order valence-electron chi connectivity index (χ2n) is 3.53. The minimum absolute atomic E-state index is 0.0240. The zero-order valence-electron chi connectivity index (χ0n) is 9.70. The third-order valence-corrected chi connectivity index (χ3v) is 4.48. The van der Waals surface area contributed by atoms with E-state index in [-0.39, 0.29) is 6.04 Å². The van der Waals surface area contributed by atoms with Crippen molar-refractivity contribution < 1.29 is 8.95 Å². The Labute approximate surface area is 114 Å². The van der Waals surface area contributed by atoms with Crippen LogP contribution in [0.3, 0.4) is 0 Å². The molecule has 0 saturated carbocycles. The molecule has 0 radical (unpaired) electrons. The summed E-state index contributed by atoms with van der Waals surface area (Å²) in [6.07, 6.45) is 0. The molecule has 0 heterocycles. The van der Waals surface area contributed by atoms with Gasteiger partial charge in [0, 0.05) is 23.9 Å². The highest BCUT2D eigenvalue weighted by Gasteiger charge is 2.15. The first-order valence-electron chi connectivity index (χ1n) is 5.08. The normalized spacial score (nSPS) is 14.6. The lowest BCUT2D eigenvalue weighted by Gasteiger charge is -2.15. The summed E-state index contributed by atoms with van der Waals surface area (Å²) in [5, 5.41) is 4.05. The Hall–Kier alpha value is -0.130. The summed E-state index contributed by atoms with van der Waals surface area (Å²) in [6, 6.07) is 4.99. The molecule has 0 amide bonds. The predicted octanol–water partition coefficient (Wildman–Crippen LogP) is 2.34. The third-order valence-electron chi connectivity index (χ3n) is 2.27. The largest absolute Gasteiger partial charge is 0.383 e. The number of ether oxygens (including phenoxy) is 1. The number of halogens is 2. The van der Waals surface area contributed by atoms with Crippen LogP contribution in [0.1, 0.15) is 0 Å². The van der Waals surface area contributed by atoms with Gasteiger partial charge in [-0.3, -0.25) is 4.21 Å². The molecule has 1 aromatic carbocycles. The molecule has 0 spiro atoms. The number of likely N-dealkylation sites (N-methyl/N-ethyl adjacent to an activating group) is 1. The van der Waals surface area contributed by atoms with Crippen molar-refractivity contribution in [3.8, 4) is 0 Å². The first-order chi connectivity index (χ1) is 8.08. The standard InChI is InChI=1S/C11H15Cl2NO2S/c1-14-9(6-16-2)7-17(15)11-5-8(12)3-4-10(11)13/h3-5,9,14H,6-7H2,1-2H3. The fourth-order valence-corrected chi connectivity index (χ4v) is 3.30. The number of benzene rings is 1. The van der Waals surface area contributed by atoms with E-state index in [2.05, 4.69) is 5.32 Å². The van der Waals surface area contributed by atoms with Gasteiger partial charge in [-0.15, -0.1) is 0 Å². The van der Waals surface area contributed by atoms with E-state index >= 15 is 0 Å². The monoisotopic (exact) mass is 295 g/mol. The quantitative estimate of drug-likeness (QED) is 0.875. The first kappa shape index (κ1) is 14.9. The highest BCUT2D eigenvalue weighted by Crippen LogP contribution is 2.24. The Morgan fingerprint density at radius 1 is 1.47 bits per heavy atom. The van der Waals surface area contributed by atoms with E-state index in [1.165, 1.54) is 0 Å². The Bertz CT molecular complexity index is 401. The van der Waals surface area contributed by atoms with Crippen LogP contribution in [0.5, 0.6) is 0 Å². The lowest BCUT2D eigenvalue weighted by atomic mass is 10.4. The van der Waals surface area contributed by atoms with Gasteiger partial charge in [-0.1, -0.05) is 23.2 Å². The van der Waals surface area contributed by atoms with Gasteiger partial charge in [0.05, 0.1) is 27.3 Å². The Balaban J connectivity index is 2.78. The minimum Gasteiger partial charge on any atom is -0.383 e. The Morgan fingerprint density at radius 3 is 2.76 bits per heavy atom. The van der Waals surface area contributed by atoms with Crippen LogP contribution >= 0.6 is 23.2 Å². The molecule has 0 saturated heterocycles. The average molecular weight is 296 g/mol. The van der Waals surface area contributed by atoms with Gasteiger partial charge < -0.3 is 10.1 Å². The number of hydrogen-bond donors (Lipinski definition) is 1. The molecule has 0 aliphatic rings. The van der Waals surface area contributed by atoms with E-state index in [1.807, 2.05) is 0 Å². The van der Waals surface area contributed by atoms with Crippen molar-refractivity contribution in [3.63, 3.8) is 0 Å². The maximum Gasteiger partial charge on any atom is 0.0624 e. The van der Waals surface area contributed by atoms with E-state index in [0.29, 0.717) is 27.3 Å². The highest BCUT2D eigenvalue weighted by atomic mass is 35.5. The summed E-state index contributed by atoms with van der Waals surface area (Å²) in [6.45, 7) is 0.500. The van der Waals surface area contributed by atoms with Crippen molar-refractivity contribution in [2.24, 2.45) is 0 Å². The molecule has 2 atom stereocenters. The van der Waals surface area contributed by atoms with Gasteiger partial charge in [-0.25, -0.2) is 0 Å². The molecule has 3 nitrogen and oxygen atoms in total. The molecule has 17 heavy (non-hydrogen) atoms. The third kappa shape index (κ3) is 4.56. The molecular weight excluding hydrogens is 281 g/mol. The van der Waals surface area contributed by atoms with Crippen molar-refractivity contribution in [1.82, 2.24) is 5.32 Å². The van der Waals surface area contributed by atoms with Crippen LogP contribution in [0.2, 0.25) is 10.0 Å². The molecule has 0 aromatic heterocycles. The van der Waals surface area contributed by atoms with Crippen molar-refractivity contribution in [2.45, 2.75) is 10.9 Å². The van der Waals surface area contributed by atoms with Gasteiger partial charge in [0.15, 0.2) is 0 Å². The summed E-state index contributed by atoms with van der Waals surface area (Å²) >= 11 is 11.9. The summed E-state index contributed by atoms with van der Waals surface area (Å²) in [5.74, 6) is 0.435. The first-order valence-corrected chi connectivity index (χ1v) is 7.15. The summed E-state index contributed by atoms with van der Waals surface area (Å²) < 4.78 is 17.2. The molecule has 2 unspecified atom stereocenters. The van der Waals surface area contributed by atoms with Crippen LogP contribution in [0.15, 0.2) is 23.1 Å². The maximum atomic E-state index is 12.1. The van der Waals surface area contributed by atoms with Crippen LogP contribution in [-0.4, -0.2) is 36.8 Å². The van der Waals surface area contributed by atoms with E-state index in [9.17, 15) is 4.21 Å². The molecule has 6 heteroatoms. The van der Waals surface area contributed by atoms with Gasteiger partial charge in [0.2, 0.25) is 0 Å². The Morgan fingerprint density at radius 2 is 2.18 bits per heavy atom. The van der Waals surface area contributed by atoms with Crippen LogP contribution < -0.4 is 5.32 Å². The number of hydrogen-bond acceptors (Lipinski definition) is 3. The van der Waals surface area contributed by atoms with Gasteiger partial charge in [-0.05, 0) is 25.2 Å². The number of methoxy groups -OCH3 is 1. The second kappa shape index (κ2) is 7.34. The van der Waals surface area contributed by atoms with E-state index < -0.39 is 10.8 Å². The topological polar surface area (TPSA) is 38.3 Å². The average Bonchev–Trinajstić information content (AvgIpc) is 2.31. The van der Waals surface area contributed by atoms with Crippen LogP contribution in [0, 0.1) is 0 Å². The van der Waals surface area contributed by atoms with Crippen LogP contribution in [-0.2, 0) is 15.5 Å². The van der Waals surface area contributed by atoms with Gasteiger partial charge in [0.1, 0.15) is 0 Å². The van der Waals surface area contributed by atoms with Crippen LogP contribution in [0.25, 0.3) is 0 Å². The highest BCUT2D eigenvalue weighted by molar-refractivity contribution is 7.85. The fraction of sp³-hybridized carbons (Fsp3) is 0.455. The molecule has 1 rings (SSSR count). The van der Waals surface area contributed by atoms with Gasteiger partial charge >= 0.3 is 0 Å². The molecule has 0 aliphatic heterocycles. The van der Waals surface area contributed by atoms with Gasteiger partial charge in [-0.2, -0.15) is 0 Å². The number of rotatable bonds is 6. The molecule has 1 aromatic rings. The smallest absolute Gasteiger partial charge is 0.0624 e. The SMILES string of the molecule is CNC(COC)CS(=O)c1cc(Cl)ccc1Cl. The van der Waals surface area contributed by atoms with E-state index in [0.717, 1.165) is 0 Å². The van der Waals surface area contributed by atoms with Crippen molar-refractivity contribution in [1.29, 1.82) is 0 Å². The lowest BCUT2D eigenvalue weighted by molar-refractivity contribution is 0.176. The van der Waals surface area contributed by atoms with E-state index in [4.69, 9.17) is 27.9 Å². The Kier molecular flexibility index (Phi) is 6.44. The summed E-state index contributed by atoms with van der Waals surface area (Å²) in [5.41, 5.74) is 0.